The molecule has 0 fully saturated rings. The first-order valence-electron chi connectivity index (χ1n) is 6.67. The molecule has 0 unspecified atom stereocenters. The monoisotopic (exact) mass is 291 g/mol. The van der Waals surface area contributed by atoms with E-state index in [-0.39, 0.29) is 6.61 Å². The summed E-state index contributed by atoms with van der Waals surface area (Å²) in [6, 6.07) is 9.23. The van der Waals surface area contributed by atoms with Crippen molar-refractivity contribution in [3.63, 3.8) is 0 Å². The van der Waals surface area contributed by atoms with Gasteiger partial charge < -0.3 is 9.84 Å². The van der Waals surface area contributed by atoms with Crippen LogP contribution in [-0.2, 0) is 13.0 Å². The molecular weight excluding hydrogens is 274 g/mol. The molecule has 1 N–H and O–H groups in total. The van der Waals surface area contributed by atoms with Crippen LogP contribution < -0.4 is 4.74 Å². The molecular formula is C16H18ClNO2. The van der Waals surface area contributed by atoms with Crippen LogP contribution in [0.2, 0.25) is 5.02 Å². The number of ether oxygens (including phenoxy) is 1. The lowest BCUT2D eigenvalue weighted by Gasteiger charge is -2.10. The molecule has 1 aromatic heterocycles. The summed E-state index contributed by atoms with van der Waals surface area (Å²) >= 11 is 6.12. The van der Waals surface area contributed by atoms with Gasteiger partial charge in [0, 0.05) is 11.8 Å². The van der Waals surface area contributed by atoms with Gasteiger partial charge >= 0.3 is 0 Å². The van der Waals surface area contributed by atoms with Crippen molar-refractivity contribution >= 4 is 11.6 Å². The third kappa shape index (κ3) is 3.71. The minimum Gasteiger partial charge on any atom is -0.437 e. The minimum atomic E-state index is -0.0306. The molecule has 0 amide bonds. The molecule has 0 aliphatic heterocycles. The van der Waals surface area contributed by atoms with Gasteiger partial charge in [0.25, 0.3) is 0 Å². The average molecular weight is 292 g/mol. The number of aromatic nitrogens is 1. The topological polar surface area (TPSA) is 42.4 Å². The number of hydrogen-bond acceptors (Lipinski definition) is 3. The van der Waals surface area contributed by atoms with Crippen molar-refractivity contribution in [3.8, 4) is 11.6 Å². The molecule has 0 spiro atoms. The quantitative estimate of drug-likeness (QED) is 0.894. The van der Waals surface area contributed by atoms with Crippen LogP contribution in [0, 0.1) is 6.92 Å². The summed E-state index contributed by atoms with van der Waals surface area (Å²) < 4.78 is 5.77. The Morgan fingerprint density at radius 3 is 2.75 bits per heavy atom. The molecule has 0 bridgehead atoms. The van der Waals surface area contributed by atoms with Crippen molar-refractivity contribution in [2.24, 2.45) is 0 Å². The Bertz CT molecular complexity index is 599. The van der Waals surface area contributed by atoms with Crippen LogP contribution in [-0.4, -0.2) is 10.1 Å². The van der Waals surface area contributed by atoms with E-state index in [1.54, 1.807) is 12.1 Å². The molecule has 1 aromatic carbocycles. The van der Waals surface area contributed by atoms with Gasteiger partial charge in [0.2, 0.25) is 5.88 Å². The van der Waals surface area contributed by atoms with Crippen molar-refractivity contribution in [2.45, 2.75) is 33.3 Å². The van der Waals surface area contributed by atoms with E-state index in [0.29, 0.717) is 16.7 Å². The third-order valence-electron chi connectivity index (χ3n) is 2.90. The van der Waals surface area contributed by atoms with Crippen LogP contribution in [0.4, 0.5) is 0 Å². The van der Waals surface area contributed by atoms with Crippen LogP contribution in [0.15, 0.2) is 30.3 Å². The number of aliphatic hydroxyl groups excluding tert-OH is 1. The fraction of sp³-hybridized carbons (Fsp3) is 0.312. The summed E-state index contributed by atoms with van der Waals surface area (Å²) in [5.74, 6) is 1.05. The maximum Gasteiger partial charge on any atom is 0.219 e. The molecule has 0 aliphatic rings. The number of nitrogens with zero attached hydrogens (tertiary/aromatic N) is 1. The molecule has 3 nitrogen and oxygen atoms in total. The van der Waals surface area contributed by atoms with Gasteiger partial charge in [-0.15, -0.1) is 0 Å². The van der Waals surface area contributed by atoms with E-state index in [9.17, 15) is 5.11 Å². The lowest BCUT2D eigenvalue weighted by molar-refractivity contribution is 0.280. The number of hydrogen-bond donors (Lipinski definition) is 1. The smallest absolute Gasteiger partial charge is 0.219 e. The Kier molecular flexibility index (Phi) is 4.99. The average Bonchev–Trinajstić information content (AvgIpc) is 2.43. The Morgan fingerprint density at radius 1 is 1.25 bits per heavy atom. The zero-order valence-electron chi connectivity index (χ0n) is 11.7. The number of aliphatic hydroxyl groups is 1. The van der Waals surface area contributed by atoms with Gasteiger partial charge in [-0.25, -0.2) is 4.98 Å². The van der Waals surface area contributed by atoms with Gasteiger partial charge in [-0.05, 0) is 42.7 Å². The van der Waals surface area contributed by atoms with E-state index < -0.39 is 0 Å². The molecule has 4 heteroatoms. The Hall–Kier alpha value is -1.58. The molecule has 0 radical (unpaired) electrons. The fourth-order valence-corrected chi connectivity index (χ4v) is 2.11. The summed E-state index contributed by atoms with van der Waals surface area (Å²) in [6.45, 7) is 4.03. The first-order valence-corrected chi connectivity index (χ1v) is 7.05. The van der Waals surface area contributed by atoms with Crippen molar-refractivity contribution in [3.05, 3.63) is 52.2 Å². The standard InChI is InChI=1S/C16H18ClNO2/c1-3-4-13-8-12(10-19)9-16(18-13)20-15-7-11(2)5-6-14(15)17/h5-9,19H,3-4,10H2,1-2H3. The molecule has 106 valence electrons. The van der Waals surface area contributed by atoms with Gasteiger partial charge in [0.1, 0.15) is 5.75 Å². The Balaban J connectivity index is 2.32. The maximum absolute atomic E-state index is 9.31. The van der Waals surface area contributed by atoms with E-state index in [1.807, 2.05) is 25.1 Å². The van der Waals surface area contributed by atoms with E-state index in [4.69, 9.17) is 16.3 Å². The number of pyridine rings is 1. The highest BCUT2D eigenvalue weighted by molar-refractivity contribution is 6.32. The second kappa shape index (κ2) is 6.73. The van der Waals surface area contributed by atoms with Crippen LogP contribution in [0.5, 0.6) is 11.6 Å². The first kappa shape index (κ1) is 14.8. The van der Waals surface area contributed by atoms with Crippen molar-refractivity contribution < 1.29 is 9.84 Å². The third-order valence-corrected chi connectivity index (χ3v) is 3.22. The molecule has 0 saturated heterocycles. The van der Waals surface area contributed by atoms with Gasteiger partial charge in [0.15, 0.2) is 0 Å². The molecule has 20 heavy (non-hydrogen) atoms. The van der Waals surface area contributed by atoms with Crippen molar-refractivity contribution in [1.82, 2.24) is 4.98 Å². The van der Waals surface area contributed by atoms with E-state index in [0.717, 1.165) is 29.7 Å². The predicted molar refractivity (Wildman–Crippen MR) is 80.4 cm³/mol. The van der Waals surface area contributed by atoms with Crippen LogP contribution in [0.3, 0.4) is 0 Å². The molecule has 0 atom stereocenters. The van der Waals surface area contributed by atoms with E-state index >= 15 is 0 Å². The lowest BCUT2D eigenvalue weighted by atomic mass is 10.2. The molecule has 0 aliphatic carbocycles. The number of aryl methyl sites for hydroxylation is 2. The van der Waals surface area contributed by atoms with Gasteiger partial charge in [0.05, 0.1) is 11.6 Å². The van der Waals surface area contributed by atoms with Crippen LogP contribution in [0.25, 0.3) is 0 Å². The summed E-state index contributed by atoms with van der Waals surface area (Å²) in [5.41, 5.74) is 2.77. The normalized spacial score (nSPS) is 10.6. The summed E-state index contributed by atoms with van der Waals surface area (Å²) in [4.78, 5) is 4.45. The summed E-state index contributed by atoms with van der Waals surface area (Å²) in [6.07, 6.45) is 1.85. The second-order valence-electron chi connectivity index (χ2n) is 4.75. The zero-order chi connectivity index (χ0) is 14.5. The minimum absolute atomic E-state index is 0.0306. The number of rotatable bonds is 5. The van der Waals surface area contributed by atoms with Crippen molar-refractivity contribution in [2.75, 3.05) is 0 Å². The second-order valence-corrected chi connectivity index (χ2v) is 5.16. The van der Waals surface area contributed by atoms with E-state index in [1.165, 1.54) is 0 Å². The highest BCUT2D eigenvalue weighted by Gasteiger charge is 2.07. The summed E-state index contributed by atoms with van der Waals surface area (Å²) in [7, 11) is 0. The largest absolute Gasteiger partial charge is 0.437 e. The number of benzene rings is 1. The number of halogens is 1. The molecule has 0 saturated carbocycles. The SMILES string of the molecule is CCCc1cc(CO)cc(Oc2cc(C)ccc2Cl)n1. The van der Waals surface area contributed by atoms with Gasteiger partial charge in [-0.2, -0.15) is 0 Å². The molecule has 1 heterocycles. The predicted octanol–water partition coefficient (Wildman–Crippen LogP) is 4.28. The van der Waals surface area contributed by atoms with Crippen molar-refractivity contribution in [1.29, 1.82) is 0 Å². The zero-order valence-corrected chi connectivity index (χ0v) is 12.4. The van der Waals surface area contributed by atoms with Crippen LogP contribution in [0.1, 0.15) is 30.2 Å². The molecule has 2 rings (SSSR count). The van der Waals surface area contributed by atoms with Crippen LogP contribution >= 0.6 is 11.6 Å². The highest BCUT2D eigenvalue weighted by Crippen LogP contribution is 2.30. The molecule has 2 aromatic rings. The Labute approximate surface area is 124 Å². The highest BCUT2D eigenvalue weighted by atomic mass is 35.5. The Morgan fingerprint density at radius 2 is 2.05 bits per heavy atom. The maximum atomic E-state index is 9.31. The summed E-state index contributed by atoms with van der Waals surface area (Å²) in [5, 5.41) is 9.86. The lowest BCUT2D eigenvalue weighted by Crippen LogP contribution is -1.97. The first-order chi connectivity index (χ1) is 9.62. The van der Waals surface area contributed by atoms with Gasteiger partial charge in [-0.1, -0.05) is 31.0 Å². The van der Waals surface area contributed by atoms with Gasteiger partial charge in [-0.3, -0.25) is 0 Å². The fourth-order valence-electron chi connectivity index (χ4n) is 1.95. The van der Waals surface area contributed by atoms with E-state index in [2.05, 4.69) is 11.9 Å².